The number of tetrazole rings is 1. The number of carbonyl (C=O) groups excluding carboxylic acids is 2. The SMILES string of the molecule is O=C1NC(=O)N(c2ccc3nc[nH]c3c2)C1c1ccc(-c2nnn(Cc3ccc(Cl)cc3)n2)cc1. The minimum Gasteiger partial charge on any atom is -0.345 e. The molecule has 0 saturated carbocycles. The molecule has 2 N–H and O–H groups in total. The van der Waals surface area contributed by atoms with Crippen LogP contribution in [0.15, 0.2) is 73.1 Å². The molecule has 2 aromatic heterocycles. The van der Waals surface area contributed by atoms with Crippen molar-refractivity contribution in [3.63, 3.8) is 0 Å². The summed E-state index contributed by atoms with van der Waals surface area (Å²) in [6.07, 6.45) is 1.58. The third-order valence-electron chi connectivity index (χ3n) is 5.81. The highest BCUT2D eigenvalue weighted by Gasteiger charge is 2.40. The quantitative estimate of drug-likeness (QED) is 0.367. The Morgan fingerprint density at radius 2 is 1.77 bits per heavy atom. The number of halogens is 1. The van der Waals surface area contributed by atoms with Crippen LogP contribution >= 0.6 is 11.6 Å². The Bertz CT molecular complexity index is 1560. The lowest BCUT2D eigenvalue weighted by atomic mass is 10.0. The molecule has 1 unspecified atom stereocenters. The Balaban J connectivity index is 1.25. The van der Waals surface area contributed by atoms with E-state index in [1.807, 2.05) is 36.4 Å². The molecule has 10 nitrogen and oxygen atoms in total. The highest BCUT2D eigenvalue weighted by atomic mass is 35.5. The number of aromatic nitrogens is 6. The Morgan fingerprint density at radius 1 is 0.971 bits per heavy atom. The average molecular weight is 485 g/mol. The molecular formula is C24H17ClN8O2. The van der Waals surface area contributed by atoms with Crippen LogP contribution in [0.2, 0.25) is 5.02 Å². The number of carbonyl (C=O) groups is 2. The van der Waals surface area contributed by atoms with E-state index in [9.17, 15) is 9.59 Å². The van der Waals surface area contributed by atoms with Crippen molar-refractivity contribution in [3.8, 4) is 11.4 Å². The highest BCUT2D eigenvalue weighted by Crippen LogP contribution is 2.33. The van der Waals surface area contributed by atoms with Crippen molar-refractivity contribution in [2.24, 2.45) is 0 Å². The minimum atomic E-state index is -0.800. The predicted octanol–water partition coefficient (Wildman–Crippen LogP) is 3.72. The summed E-state index contributed by atoms with van der Waals surface area (Å²) in [6.45, 7) is 0.461. The molecule has 1 saturated heterocycles. The van der Waals surface area contributed by atoms with E-state index in [0.717, 1.165) is 22.2 Å². The Morgan fingerprint density at radius 3 is 2.57 bits per heavy atom. The van der Waals surface area contributed by atoms with E-state index in [1.165, 1.54) is 9.70 Å². The zero-order valence-corrected chi connectivity index (χ0v) is 18.8. The number of urea groups is 1. The van der Waals surface area contributed by atoms with Crippen LogP contribution in [0.4, 0.5) is 10.5 Å². The molecule has 0 spiro atoms. The number of benzene rings is 3. The molecule has 3 amide bonds. The van der Waals surface area contributed by atoms with Gasteiger partial charge in [-0.1, -0.05) is 48.0 Å². The van der Waals surface area contributed by atoms with Gasteiger partial charge in [0.1, 0.15) is 6.04 Å². The molecule has 3 heterocycles. The Kier molecular flexibility index (Phi) is 5.00. The van der Waals surface area contributed by atoms with Crippen molar-refractivity contribution in [3.05, 3.63) is 89.2 Å². The number of aromatic amines is 1. The van der Waals surface area contributed by atoms with E-state index in [-0.39, 0.29) is 5.91 Å². The van der Waals surface area contributed by atoms with Crippen LogP contribution in [0.1, 0.15) is 17.2 Å². The number of anilines is 1. The van der Waals surface area contributed by atoms with E-state index in [2.05, 4.69) is 30.7 Å². The van der Waals surface area contributed by atoms with E-state index in [1.54, 1.807) is 36.7 Å². The van der Waals surface area contributed by atoms with Gasteiger partial charge < -0.3 is 4.98 Å². The summed E-state index contributed by atoms with van der Waals surface area (Å²) in [6, 6.07) is 18.7. The van der Waals surface area contributed by atoms with Gasteiger partial charge in [-0.2, -0.15) is 4.80 Å². The van der Waals surface area contributed by atoms with Crippen molar-refractivity contribution in [2.75, 3.05) is 4.90 Å². The first kappa shape index (κ1) is 21.0. The summed E-state index contributed by atoms with van der Waals surface area (Å²) in [7, 11) is 0. The molecule has 0 bridgehead atoms. The van der Waals surface area contributed by atoms with Gasteiger partial charge in [-0.3, -0.25) is 15.0 Å². The van der Waals surface area contributed by atoms with Crippen LogP contribution in [-0.2, 0) is 11.3 Å². The van der Waals surface area contributed by atoms with Gasteiger partial charge in [0.05, 0.1) is 23.9 Å². The number of amides is 3. The van der Waals surface area contributed by atoms with E-state index < -0.39 is 12.1 Å². The normalized spacial score (nSPS) is 15.7. The first-order valence-corrected chi connectivity index (χ1v) is 11.1. The number of imidazole rings is 1. The average Bonchev–Trinajstić information content (AvgIpc) is 3.59. The number of H-pyrrole nitrogens is 1. The standard InChI is InChI=1S/C24H17ClN8O2/c25-17-7-1-14(2-8-17)12-32-30-22(29-31-32)16-5-3-15(4-6-16)21-23(34)28-24(35)33(21)18-9-10-19-20(11-18)27-13-26-19/h1-11,13,21H,12H2,(H,26,27)(H,28,34,35). The second-order valence-electron chi connectivity index (χ2n) is 8.06. The van der Waals surface area contributed by atoms with E-state index >= 15 is 0 Å². The molecule has 1 aliphatic heterocycles. The van der Waals surface area contributed by atoms with Gasteiger partial charge in [0.15, 0.2) is 0 Å². The third kappa shape index (κ3) is 3.89. The minimum absolute atomic E-state index is 0.389. The Labute approximate surface area is 203 Å². The van der Waals surface area contributed by atoms with Gasteiger partial charge in [0.2, 0.25) is 5.82 Å². The maximum Gasteiger partial charge on any atom is 0.329 e. The molecule has 172 valence electrons. The fraction of sp³-hybridized carbons (Fsp3) is 0.0833. The number of fused-ring (bicyclic) bond motifs is 1. The molecule has 3 aromatic carbocycles. The maximum absolute atomic E-state index is 12.7. The second kappa shape index (κ2) is 8.33. The number of rotatable bonds is 5. The summed E-state index contributed by atoms with van der Waals surface area (Å²) < 4.78 is 0. The first-order chi connectivity index (χ1) is 17.0. The number of hydrogen-bond donors (Lipinski definition) is 2. The second-order valence-corrected chi connectivity index (χ2v) is 8.50. The third-order valence-corrected chi connectivity index (χ3v) is 6.06. The Hall–Kier alpha value is -4.57. The van der Waals surface area contributed by atoms with Crippen LogP contribution in [0, 0.1) is 0 Å². The molecule has 0 radical (unpaired) electrons. The smallest absolute Gasteiger partial charge is 0.329 e. The lowest BCUT2D eigenvalue weighted by Crippen LogP contribution is -2.29. The van der Waals surface area contributed by atoms with Crippen molar-refractivity contribution in [2.45, 2.75) is 12.6 Å². The van der Waals surface area contributed by atoms with Gasteiger partial charge in [-0.25, -0.2) is 9.78 Å². The summed E-state index contributed by atoms with van der Waals surface area (Å²) in [5.74, 6) is 0.0681. The monoisotopic (exact) mass is 484 g/mol. The molecule has 35 heavy (non-hydrogen) atoms. The first-order valence-electron chi connectivity index (χ1n) is 10.7. The predicted molar refractivity (Wildman–Crippen MR) is 129 cm³/mol. The number of nitrogens with zero attached hydrogens (tertiary/aromatic N) is 6. The van der Waals surface area contributed by atoms with Crippen LogP contribution < -0.4 is 10.2 Å². The van der Waals surface area contributed by atoms with Crippen LogP contribution in [0.25, 0.3) is 22.4 Å². The number of nitrogens with one attached hydrogen (secondary N) is 2. The molecule has 1 fully saturated rings. The fourth-order valence-corrected chi connectivity index (χ4v) is 4.23. The van der Waals surface area contributed by atoms with Gasteiger partial charge in [0.25, 0.3) is 5.91 Å². The molecular weight excluding hydrogens is 468 g/mol. The van der Waals surface area contributed by atoms with Crippen LogP contribution in [0.3, 0.4) is 0 Å². The zero-order chi connectivity index (χ0) is 23.9. The van der Waals surface area contributed by atoms with Gasteiger partial charge in [0, 0.05) is 16.3 Å². The van der Waals surface area contributed by atoms with Gasteiger partial charge in [-0.15, -0.1) is 10.2 Å². The van der Waals surface area contributed by atoms with Crippen LogP contribution in [0.5, 0.6) is 0 Å². The van der Waals surface area contributed by atoms with Crippen molar-refractivity contribution < 1.29 is 9.59 Å². The molecule has 5 aromatic rings. The van der Waals surface area contributed by atoms with Crippen LogP contribution in [-0.4, -0.2) is 42.1 Å². The van der Waals surface area contributed by atoms with Crippen molar-refractivity contribution >= 4 is 40.3 Å². The number of imide groups is 1. The van der Waals surface area contributed by atoms with Crippen molar-refractivity contribution in [1.29, 1.82) is 0 Å². The maximum atomic E-state index is 12.7. The topological polar surface area (TPSA) is 122 Å². The summed E-state index contributed by atoms with van der Waals surface area (Å²) in [5, 5.41) is 15.8. The van der Waals surface area contributed by atoms with Crippen molar-refractivity contribution in [1.82, 2.24) is 35.5 Å². The largest absolute Gasteiger partial charge is 0.345 e. The molecule has 0 aliphatic carbocycles. The number of hydrogen-bond acceptors (Lipinski definition) is 6. The van der Waals surface area contributed by atoms with Gasteiger partial charge >= 0.3 is 6.03 Å². The highest BCUT2D eigenvalue weighted by molar-refractivity contribution is 6.30. The summed E-state index contributed by atoms with van der Waals surface area (Å²) in [5.41, 5.74) is 4.54. The fourth-order valence-electron chi connectivity index (χ4n) is 4.10. The molecule has 1 aliphatic rings. The molecule has 11 heteroatoms. The van der Waals surface area contributed by atoms with E-state index in [0.29, 0.717) is 28.6 Å². The zero-order valence-electron chi connectivity index (χ0n) is 18.1. The summed E-state index contributed by atoms with van der Waals surface area (Å²) in [4.78, 5) is 35.5. The molecule has 6 rings (SSSR count). The van der Waals surface area contributed by atoms with Gasteiger partial charge in [-0.05, 0) is 46.7 Å². The molecule has 1 atom stereocenters. The lowest BCUT2D eigenvalue weighted by molar-refractivity contribution is -0.119. The lowest BCUT2D eigenvalue weighted by Gasteiger charge is -2.22. The summed E-state index contributed by atoms with van der Waals surface area (Å²) >= 11 is 5.94. The van der Waals surface area contributed by atoms with E-state index in [4.69, 9.17) is 11.6 Å².